The van der Waals surface area contributed by atoms with Crippen molar-refractivity contribution >= 4 is 5.69 Å². The van der Waals surface area contributed by atoms with Gasteiger partial charge in [-0.15, -0.1) is 0 Å². The third kappa shape index (κ3) is 3.07. The van der Waals surface area contributed by atoms with Crippen molar-refractivity contribution in [2.45, 2.75) is 18.6 Å². The van der Waals surface area contributed by atoms with Gasteiger partial charge in [0.15, 0.2) is 11.6 Å². The Morgan fingerprint density at radius 2 is 2.06 bits per heavy atom. The van der Waals surface area contributed by atoms with Crippen LogP contribution in [0.25, 0.3) is 10.4 Å². The van der Waals surface area contributed by atoms with Crippen LogP contribution in [0.5, 0.6) is 0 Å². The maximum absolute atomic E-state index is 13.5. The van der Waals surface area contributed by atoms with Crippen LogP contribution in [0.15, 0.2) is 17.2 Å². The fourth-order valence-electron chi connectivity index (χ4n) is 1.47. The maximum Gasteiger partial charge on any atom is 0.166 e. The van der Waals surface area contributed by atoms with E-state index in [9.17, 15) is 19.0 Å². The zero-order valence-electron chi connectivity index (χ0n) is 9.29. The van der Waals surface area contributed by atoms with Gasteiger partial charge in [-0.2, -0.15) is 0 Å². The highest BCUT2D eigenvalue weighted by Crippen LogP contribution is 2.28. The smallest absolute Gasteiger partial charge is 0.166 e. The van der Waals surface area contributed by atoms with E-state index >= 15 is 0 Å². The highest BCUT2D eigenvalue weighted by Gasteiger charge is 2.25. The van der Waals surface area contributed by atoms with Gasteiger partial charge >= 0.3 is 0 Å². The zero-order chi connectivity index (χ0) is 13.7. The Kier molecular flexibility index (Phi) is 4.85. The Labute approximate surface area is 101 Å². The quantitative estimate of drug-likeness (QED) is 0.322. The standard InChI is InChI=1S/C10H12F2N4O2/c11-5-1-2-6(13)8(9(5)12)10(18)7(17)3-4-15-16-14/h1-2,7,10,17-18H,3-4,13H2. The molecular weight excluding hydrogens is 246 g/mol. The van der Waals surface area contributed by atoms with Crippen molar-refractivity contribution in [3.8, 4) is 0 Å². The van der Waals surface area contributed by atoms with Crippen molar-refractivity contribution in [3.05, 3.63) is 39.8 Å². The van der Waals surface area contributed by atoms with E-state index in [1.807, 2.05) is 0 Å². The second kappa shape index (κ2) is 6.15. The van der Waals surface area contributed by atoms with Gasteiger partial charge in [-0.05, 0) is 24.1 Å². The molecule has 18 heavy (non-hydrogen) atoms. The molecule has 0 aromatic heterocycles. The number of halogens is 2. The summed E-state index contributed by atoms with van der Waals surface area (Å²) < 4.78 is 26.5. The number of anilines is 1. The summed E-state index contributed by atoms with van der Waals surface area (Å²) in [5, 5.41) is 22.4. The number of aliphatic hydroxyl groups excluding tert-OH is 2. The van der Waals surface area contributed by atoms with Crippen LogP contribution in [0, 0.1) is 11.6 Å². The average molecular weight is 258 g/mol. The lowest BCUT2D eigenvalue weighted by Gasteiger charge is -2.19. The Bertz CT molecular complexity index is 477. The van der Waals surface area contributed by atoms with Crippen molar-refractivity contribution in [1.82, 2.24) is 0 Å². The van der Waals surface area contributed by atoms with Gasteiger partial charge in [-0.1, -0.05) is 5.11 Å². The molecule has 4 N–H and O–H groups in total. The van der Waals surface area contributed by atoms with E-state index < -0.39 is 29.4 Å². The molecule has 0 aliphatic rings. The fraction of sp³-hybridized carbons (Fsp3) is 0.400. The summed E-state index contributed by atoms with van der Waals surface area (Å²) >= 11 is 0. The van der Waals surface area contributed by atoms with Gasteiger partial charge in [-0.3, -0.25) is 0 Å². The second-order valence-corrected chi connectivity index (χ2v) is 3.62. The molecule has 0 bridgehead atoms. The minimum absolute atomic E-state index is 0.0778. The molecule has 0 aliphatic heterocycles. The Hall–Kier alpha value is -1.89. The number of hydrogen-bond donors (Lipinski definition) is 3. The van der Waals surface area contributed by atoms with E-state index in [4.69, 9.17) is 11.3 Å². The Balaban J connectivity index is 2.92. The molecule has 0 spiro atoms. The van der Waals surface area contributed by atoms with E-state index in [1.165, 1.54) is 0 Å². The molecule has 98 valence electrons. The molecule has 0 radical (unpaired) electrons. The molecule has 1 aromatic rings. The highest BCUT2D eigenvalue weighted by atomic mass is 19.2. The first-order chi connectivity index (χ1) is 8.49. The number of nitrogens with zero attached hydrogens (tertiary/aromatic N) is 3. The first kappa shape index (κ1) is 14.2. The first-order valence-corrected chi connectivity index (χ1v) is 5.09. The molecule has 0 saturated carbocycles. The number of nitrogens with two attached hydrogens (primary N) is 1. The number of rotatable bonds is 5. The number of aliphatic hydroxyl groups is 2. The second-order valence-electron chi connectivity index (χ2n) is 3.62. The molecule has 1 aromatic carbocycles. The minimum Gasteiger partial charge on any atom is -0.398 e. The van der Waals surface area contributed by atoms with Crippen molar-refractivity contribution in [2.24, 2.45) is 5.11 Å². The minimum atomic E-state index is -1.69. The van der Waals surface area contributed by atoms with E-state index in [2.05, 4.69) is 10.0 Å². The SMILES string of the molecule is [N-]=[N+]=NCCC(O)C(O)c1c(N)ccc(F)c1F. The predicted octanol–water partition coefficient (Wildman–Crippen LogP) is 1.64. The van der Waals surface area contributed by atoms with Gasteiger partial charge < -0.3 is 15.9 Å². The largest absolute Gasteiger partial charge is 0.398 e. The first-order valence-electron chi connectivity index (χ1n) is 5.09. The van der Waals surface area contributed by atoms with Crippen molar-refractivity contribution in [2.75, 3.05) is 12.3 Å². The summed E-state index contributed by atoms with van der Waals surface area (Å²) in [5.41, 5.74) is 12.8. The predicted molar refractivity (Wildman–Crippen MR) is 60.4 cm³/mol. The number of nitrogen functional groups attached to an aromatic ring is 1. The summed E-state index contributed by atoms with van der Waals surface area (Å²) in [7, 11) is 0. The molecule has 1 rings (SSSR count). The Morgan fingerprint density at radius 3 is 2.67 bits per heavy atom. The van der Waals surface area contributed by atoms with Crippen LogP contribution in [-0.4, -0.2) is 22.9 Å². The summed E-state index contributed by atoms with van der Waals surface area (Å²) in [6, 6.07) is 1.92. The lowest BCUT2D eigenvalue weighted by molar-refractivity contribution is 0.0131. The molecule has 0 aliphatic carbocycles. The Morgan fingerprint density at radius 1 is 1.39 bits per heavy atom. The molecule has 0 fully saturated rings. The van der Waals surface area contributed by atoms with Crippen LogP contribution >= 0.6 is 0 Å². The molecule has 2 atom stereocenters. The number of hydrogen-bond acceptors (Lipinski definition) is 4. The normalized spacial score (nSPS) is 13.8. The molecule has 2 unspecified atom stereocenters. The van der Waals surface area contributed by atoms with E-state index in [0.717, 1.165) is 12.1 Å². The lowest BCUT2D eigenvalue weighted by Crippen LogP contribution is -2.21. The maximum atomic E-state index is 13.5. The lowest BCUT2D eigenvalue weighted by atomic mass is 9.99. The molecule has 0 heterocycles. The van der Waals surface area contributed by atoms with E-state index in [0.29, 0.717) is 0 Å². The van der Waals surface area contributed by atoms with Crippen LogP contribution in [-0.2, 0) is 0 Å². The van der Waals surface area contributed by atoms with Crippen LogP contribution < -0.4 is 5.73 Å². The topological polar surface area (TPSA) is 115 Å². The van der Waals surface area contributed by atoms with Gasteiger partial charge in [0.1, 0.15) is 6.10 Å². The molecule has 8 heteroatoms. The van der Waals surface area contributed by atoms with Gasteiger partial charge in [-0.25, -0.2) is 8.78 Å². The third-order valence-electron chi connectivity index (χ3n) is 2.41. The van der Waals surface area contributed by atoms with Crippen LogP contribution in [0.2, 0.25) is 0 Å². The van der Waals surface area contributed by atoms with Gasteiger partial charge in [0.2, 0.25) is 0 Å². The van der Waals surface area contributed by atoms with E-state index in [1.54, 1.807) is 0 Å². The highest BCUT2D eigenvalue weighted by molar-refractivity contribution is 5.49. The van der Waals surface area contributed by atoms with Crippen molar-refractivity contribution in [1.29, 1.82) is 0 Å². The monoisotopic (exact) mass is 258 g/mol. The third-order valence-corrected chi connectivity index (χ3v) is 2.41. The summed E-state index contributed by atoms with van der Waals surface area (Å²) in [6.45, 7) is -0.0778. The van der Waals surface area contributed by atoms with Crippen LogP contribution in [0.1, 0.15) is 18.1 Å². The molecular formula is C10H12F2N4O2. The van der Waals surface area contributed by atoms with Gasteiger partial charge in [0.05, 0.1) is 6.10 Å². The summed E-state index contributed by atoms with van der Waals surface area (Å²) in [5.74, 6) is -2.47. The average Bonchev–Trinajstić information content (AvgIpc) is 2.34. The summed E-state index contributed by atoms with van der Waals surface area (Å²) in [6.07, 6.45) is -3.19. The van der Waals surface area contributed by atoms with Gasteiger partial charge in [0.25, 0.3) is 0 Å². The van der Waals surface area contributed by atoms with E-state index in [-0.39, 0.29) is 18.7 Å². The molecule has 0 amide bonds. The number of azide groups is 1. The van der Waals surface area contributed by atoms with Crippen LogP contribution in [0.4, 0.5) is 14.5 Å². The molecule has 6 nitrogen and oxygen atoms in total. The van der Waals surface area contributed by atoms with Crippen molar-refractivity contribution < 1.29 is 19.0 Å². The van der Waals surface area contributed by atoms with Crippen LogP contribution in [0.3, 0.4) is 0 Å². The number of benzene rings is 1. The molecule has 0 saturated heterocycles. The fourth-order valence-corrected chi connectivity index (χ4v) is 1.47. The van der Waals surface area contributed by atoms with Gasteiger partial charge in [0, 0.05) is 22.7 Å². The zero-order valence-corrected chi connectivity index (χ0v) is 9.29. The van der Waals surface area contributed by atoms with Crippen molar-refractivity contribution in [3.63, 3.8) is 0 Å². The summed E-state index contributed by atoms with van der Waals surface area (Å²) in [4.78, 5) is 2.46.